The summed E-state index contributed by atoms with van der Waals surface area (Å²) in [6.07, 6.45) is 4.80. The van der Waals surface area contributed by atoms with E-state index in [0.717, 1.165) is 49.7 Å². The fraction of sp³-hybridized carbons (Fsp3) is 0.381. The molecule has 0 aliphatic carbocycles. The molecule has 3 heterocycles. The zero-order chi connectivity index (χ0) is 19.7. The number of carbonyl (C=O) groups is 1. The Balaban J connectivity index is 1.58. The number of fused-ring (bicyclic) bond motifs is 1. The molecule has 0 saturated carbocycles. The molecule has 0 atom stereocenters. The van der Waals surface area contributed by atoms with Crippen LogP contribution in [0.5, 0.6) is 0 Å². The van der Waals surface area contributed by atoms with E-state index < -0.39 is 5.91 Å². The highest BCUT2D eigenvalue weighted by atomic mass is 16.1. The molecule has 146 valence electrons. The topological polar surface area (TPSA) is 82.0 Å². The lowest BCUT2D eigenvalue weighted by Gasteiger charge is -2.18. The second-order valence-corrected chi connectivity index (χ2v) is 7.56. The Morgan fingerprint density at radius 3 is 2.64 bits per heavy atom. The van der Waals surface area contributed by atoms with Gasteiger partial charge in [-0.05, 0) is 13.8 Å². The molecule has 3 aromatic rings. The van der Waals surface area contributed by atoms with E-state index in [0.29, 0.717) is 11.7 Å². The molecule has 0 spiro atoms. The van der Waals surface area contributed by atoms with Gasteiger partial charge in [0.1, 0.15) is 11.5 Å². The minimum Gasteiger partial charge on any atom is -0.364 e. The molecule has 0 bridgehead atoms. The Kier molecular flexibility index (Phi) is 5.00. The summed E-state index contributed by atoms with van der Waals surface area (Å²) < 4.78 is 4.15. The molecular weight excluding hydrogens is 352 g/mol. The van der Waals surface area contributed by atoms with Gasteiger partial charge in [-0.3, -0.25) is 14.4 Å². The first-order chi connectivity index (χ1) is 13.5. The molecule has 0 fully saturated rings. The Morgan fingerprint density at radius 2 is 1.96 bits per heavy atom. The van der Waals surface area contributed by atoms with Crippen LogP contribution in [0.2, 0.25) is 0 Å². The third kappa shape index (κ3) is 3.57. The number of nitrogens with zero attached hydrogens (tertiary/aromatic N) is 5. The second-order valence-electron chi connectivity index (χ2n) is 7.56. The monoisotopic (exact) mass is 378 g/mol. The van der Waals surface area contributed by atoms with Gasteiger partial charge in [-0.25, -0.2) is 4.98 Å². The SMILES string of the molecule is CC(C)n1cc(CN2CCc3c(C(N)=O)nc(-c4ccccc4)n3CC2)cn1. The fourth-order valence-corrected chi connectivity index (χ4v) is 3.76. The van der Waals surface area contributed by atoms with Crippen LogP contribution in [0.4, 0.5) is 0 Å². The summed E-state index contributed by atoms with van der Waals surface area (Å²) in [4.78, 5) is 19.0. The van der Waals surface area contributed by atoms with Crippen LogP contribution in [0.25, 0.3) is 11.4 Å². The molecule has 2 N–H and O–H groups in total. The van der Waals surface area contributed by atoms with Crippen molar-refractivity contribution in [3.8, 4) is 11.4 Å². The van der Waals surface area contributed by atoms with Gasteiger partial charge in [0.05, 0.1) is 11.9 Å². The molecule has 7 nitrogen and oxygen atoms in total. The predicted octanol–water partition coefficient (Wildman–Crippen LogP) is 2.48. The van der Waals surface area contributed by atoms with Crippen molar-refractivity contribution in [1.29, 1.82) is 0 Å². The van der Waals surface area contributed by atoms with Crippen molar-refractivity contribution in [2.45, 2.75) is 39.4 Å². The Morgan fingerprint density at radius 1 is 1.18 bits per heavy atom. The van der Waals surface area contributed by atoms with Crippen LogP contribution >= 0.6 is 0 Å². The fourth-order valence-electron chi connectivity index (χ4n) is 3.76. The van der Waals surface area contributed by atoms with Gasteiger partial charge in [0, 0.05) is 56.0 Å². The molecule has 1 aromatic carbocycles. The lowest BCUT2D eigenvalue weighted by Crippen LogP contribution is -2.26. The Labute approximate surface area is 164 Å². The minimum atomic E-state index is -0.461. The molecule has 1 aliphatic rings. The van der Waals surface area contributed by atoms with E-state index >= 15 is 0 Å². The summed E-state index contributed by atoms with van der Waals surface area (Å²) in [5.41, 5.74) is 9.17. The number of hydrogen-bond acceptors (Lipinski definition) is 4. The van der Waals surface area contributed by atoms with Gasteiger partial charge in [-0.2, -0.15) is 5.10 Å². The third-order valence-corrected chi connectivity index (χ3v) is 5.23. The Bertz CT molecular complexity index is 972. The first-order valence-electron chi connectivity index (χ1n) is 9.73. The van der Waals surface area contributed by atoms with Crippen LogP contribution in [0.15, 0.2) is 42.7 Å². The van der Waals surface area contributed by atoms with E-state index in [2.05, 4.69) is 39.6 Å². The standard InChI is InChI=1S/C21H26N6O/c1-15(2)27-14-16(12-23-27)13-25-9-8-18-19(20(22)28)24-21(26(18)11-10-25)17-6-4-3-5-7-17/h3-7,12,14-15H,8-11,13H2,1-2H3,(H2,22,28). The highest BCUT2D eigenvalue weighted by molar-refractivity contribution is 5.93. The number of carbonyl (C=O) groups excluding carboxylic acids is 1. The zero-order valence-corrected chi connectivity index (χ0v) is 16.4. The minimum absolute atomic E-state index is 0.358. The van der Waals surface area contributed by atoms with Crippen LogP contribution in [-0.2, 0) is 19.5 Å². The summed E-state index contributed by atoms with van der Waals surface area (Å²) in [7, 11) is 0. The van der Waals surface area contributed by atoms with Gasteiger partial charge in [0.2, 0.25) is 0 Å². The summed E-state index contributed by atoms with van der Waals surface area (Å²) in [6.45, 7) is 7.61. The van der Waals surface area contributed by atoms with Crippen molar-refractivity contribution in [2.24, 2.45) is 5.73 Å². The second kappa shape index (κ2) is 7.59. The van der Waals surface area contributed by atoms with E-state index in [1.165, 1.54) is 5.56 Å². The van der Waals surface area contributed by atoms with Crippen LogP contribution in [-0.4, -0.2) is 43.2 Å². The summed E-state index contributed by atoms with van der Waals surface area (Å²) >= 11 is 0. The number of rotatable bonds is 5. The van der Waals surface area contributed by atoms with Crippen LogP contribution in [0.3, 0.4) is 0 Å². The maximum Gasteiger partial charge on any atom is 0.269 e. The Hall–Kier alpha value is -2.93. The summed E-state index contributed by atoms with van der Waals surface area (Å²) in [5.74, 6) is 0.358. The molecule has 28 heavy (non-hydrogen) atoms. The molecule has 0 saturated heterocycles. The number of hydrogen-bond donors (Lipinski definition) is 1. The van der Waals surface area contributed by atoms with E-state index in [-0.39, 0.29) is 0 Å². The van der Waals surface area contributed by atoms with Crippen molar-refractivity contribution < 1.29 is 4.79 Å². The van der Waals surface area contributed by atoms with E-state index in [9.17, 15) is 4.79 Å². The number of benzene rings is 1. The third-order valence-electron chi connectivity index (χ3n) is 5.23. The average molecular weight is 378 g/mol. The van der Waals surface area contributed by atoms with Gasteiger partial charge in [0.15, 0.2) is 0 Å². The molecule has 1 aliphatic heterocycles. The van der Waals surface area contributed by atoms with Crippen LogP contribution in [0, 0.1) is 0 Å². The number of primary amides is 1. The van der Waals surface area contributed by atoms with Crippen molar-refractivity contribution in [3.63, 3.8) is 0 Å². The number of amides is 1. The highest BCUT2D eigenvalue weighted by Gasteiger charge is 2.25. The molecule has 2 aromatic heterocycles. The van der Waals surface area contributed by atoms with Gasteiger partial charge in [-0.15, -0.1) is 0 Å². The molecule has 1 amide bonds. The van der Waals surface area contributed by atoms with E-state index in [1.807, 2.05) is 41.2 Å². The van der Waals surface area contributed by atoms with Crippen molar-refractivity contribution in [2.75, 3.05) is 13.1 Å². The zero-order valence-electron chi connectivity index (χ0n) is 16.4. The molecule has 0 unspecified atom stereocenters. The van der Waals surface area contributed by atoms with Gasteiger partial charge >= 0.3 is 0 Å². The first-order valence-corrected chi connectivity index (χ1v) is 9.73. The van der Waals surface area contributed by atoms with Crippen molar-refractivity contribution in [1.82, 2.24) is 24.2 Å². The first kappa shape index (κ1) is 18.4. The quantitative estimate of drug-likeness (QED) is 0.739. The van der Waals surface area contributed by atoms with Gasteiger partial charge in [-0.1, -0.05) is 30.3 Å². The lowest BCUT2D eigenvalue weighted by molar-refractivity contribution is 0.0995. The lowest BCUT2D eigenvalue weighted by atomic mass is 10.2. The van der Waals surface area contributed by atoms with Crippen molar-refractivity contribution >= 4 is 5.91 Å². The molecule has 4 rings (SSSR count). The highest BCUT2D eigenvalue weighted by Crippen LogP contribution is 2.25. The van der Waals surface area contributed by atoms with Gasteiger partial charge < -0.3 is 10.3 Å². The van der Waals surface area contributed by atoms with Crippen LogP contribution in [0.1, 0.15) is 41.6 Å². The predicted molar refractivity (Wildman–Crippen MR) is 108 cm³/mol. The molecule has 0 radical (unpaired) electrons. The largest absolute Gasteiger partial charge is 0.364 e. The smallest absolute Gasteiger partial charge is 0.269 e. The molecule has 7 heteroatoms. The summed E-state index contributed by atoms with van der Waals surface area (Å²) in [5, 5.41) is 4.44. The van der Waals surface area contributed by atoms with E-state index in [1.54, 1.807) is 0 Å². The average Bonchev–Trinajstić information content (AvgIpc) is 3.24. The van der Waals surface area contributed by atoms with Crippen LogP contribution < -0.4 is 5.73 Å². The number of aromatic nitrogens is 4. The van der Waals surface area contributed by atoms with E-state index in [4.69, 9.17) is 5.73 Å². The van der Waals surface area contributed by atoms with Crippen molar-refractivity contribution in [3.05, 3.63) is 59.7 Å². The van der Waals surface area contributed by atoms with Gasteiger partial charge in [0.25, 0.3) is 5.91 Å². The number of nitrogens with two attached hydrogens (primary N) is 1. The maximum absolute atomic E-state index is 12.0. The number of imidazole rings is 1. The normalized spacial score (nSPS) is 14.8. The maximum atomic E-state index is 12.0. The summed E-state index contributed by atoms with van der Waals surface area (Å²) in [6, 6.07) is 10.3. The molecular formula is C21H26N6O.